The summed E-state index contributed by atoms with van der Waals surface area (Å²) in [5.74, 6) is 1.42. The van der Waals surface area contributed by atoms with E-state index in [1.165, 1.54) is 0 Å². The summed E-state index contributed by atoms with van der Waals surface area (Å²) in [6, 6.07) is 27.8. The van der Waals surface area contributed by atoms with Crippen molar-refractivity contribution in [2.75, 3.05) is 0 Å². The number of nitrogens with zero attached hydrogens (tertiary/aromatic N) is 4. The van der Waals surface area contributed by atoms with Gasteiger partial charge in [0, 0.05) is 33.8 Å². The highest BCUT2D eigenvalue weighted by Crippen LogP contribution is 2.40. The second-order valence-corrected chi connectivity index (χ2v) is 9.51. The minimum absolute atomic E-state index is 0.217. The maximum Gasteiger partial charge on any atom is 0.188 e. The standard InChI is InChI=1S/C31H20Cl2N4O3/c32-23-13-4-1-9-19(23)18-39-25-15-6-3-12-22(25)27(31-35-24-14-5-2-11-21(24)30(33)36-31)29-28(37-38)26(40-29)17-20-10-7-8-16-34-20/h1-17,38H,18H2/b26-17-,29-27-,37-28+. The number of ether oxygens (including phenoxy) is 2. The van der Waals surface area contributed by atoms with Gasteiger partial charge in [-0.1, -0.05) is 83.0 Å². The molecular weight excluding hydrogens is 547 g/mol. The smallest absolute Gasteiger partial charge is 0.188 e. The maximum atomic E-state index is 10.0. The van der Waals surface area contributed by atoms with Crippen molar-refractivity contribution >= 4 is 51.5 Å². The van der Waals surface area contributed by atoms with Crippen LogP contribution in [0.3, 0.4) is 0 Å². The Morgan fingerprint density at radius 1 is 0.900 bits per heavy atom. The first-order valence-electron chi connectivity index (χ1n) is 12.3. The Labute approximate surface area is 239 Å². The van der Waals surface area contributed by atoms with Crippen LogP contribution < -0.4 is 4.74 Å². The van der Waals surface area contributed by atoms with Crippen LogP contribution in [-0.4, -0.2) is 25.9 Å². The summed E-state index contributed by atoms with van der Waals surface area (Å²) < 4.78 is 12.4. The third kappa shape index (κ3) is 5.00. The Kier molecular flexibility index (Phi) is 7.14. The highest BCUT2D eigenvalue weighted by atomic mass is 35.5. The first-order valence-corrected chi connectivity index (χ1v) is 13.0. The van der Waals surface area contributed by atoms with Crippen molar-refractivity contribution in [3.63, 3.8) is 0 Å². The Bertz CT molecular complexity index is 1820. The van der Waals surface area contributed by atoms with Gasteiger partial charge >= 0.3 is 0 Å². The molecule has 3 heterocycles. The van der Waals surface area contributed by atoms with Crippen LogP contribution in [-0.2, 0) is 11.3 Å². The zero-order valence-corrected chi connectivity index (χ0v) is 22.3. The Morgan fingerprint density at radius 3 is 2.50 bits per heavy atom. The number of halogens is 2. The molecule has 3 aromatic carbocycles. The molecule has 1 aliphatic heterocycles. The highest BCUT2D eigenvalue weighted by molar-refractivity contribution is 6.34. The van der Waals surface area contributed by atoms with Crippen LogP contribution in [0, 0.1) is 0 Å². The second kappa shape index (κ2) is 11.2. The number of oxime groups is 1. The van der Waals surface area contributed by atoms with Gasteiger partial charge in [0.15, 0.2) is 23.1 Å². The first kappa shape index (κ1) is 25.6. The zero-order chi connectivity index (χ0) is 27.5. The van der Waals surface area contributed by atoms with Crippen molar-refractivity contribution in [1.82, 2.24) is 15.0 Å². The molecule has 5 aromatic rings. The molecule has 0 unspecified atom stereocenters. The summed E-state index contributed by atoms with van der Waals surface area (Å²) in [5, 5.41) is 15.1. The molecule has 0 spiro atoms. The lowest BCUT2D eigenvalue weighted by Crippen LogP contribution is -2.25. The fourth-order valence-electron chi connectivity index (χ4n) is 4.29. The molecule has 1 fully saturated rings. The summed E-state index contributed by atoms with van der Waals surface area (Å²) in [6.07, 6.45) is 3.35. The molecule has 0 atom stereocenters. The molecule has 1 N–H and O–H groups in total. The Balaban J connectivity index is 1.50. The van der Waals surface area contributed by atoms with Crippen molar-refractivity contribution in [3.05, 3.63) is 142 Å². The number of fused-ring (bicyclic) bond motifs is 1. The van der Waals surface area contributed by atoms with Gasteiger partial charge in [-0.3, -0.25) is 4.98 Å². The Hall–Kier alpha value is -4.72. The van der Waals surface area contributed by atoms with Gasteiger partial charge in [-0.2, -0.15) is 0 Å². The second-order valence-electron chi connectivity index (χ2n) is 8.75. The van der Waals surface area contributed by atoms with Gasteiger partial charge in [-0.15, -0.1) is 0 Å². The van der Waals surface area contributed by atoms with Gasteiger partial charge in [0.05, 0.1) is 16.8 Å². The molecule has 7 nitrogen and oxygen atoms in total. The molecule has 0 bridgehead atoms. The van der Waals surface area contributed by atoms with Crippen molar-refractivity contribution in [2.45, 2.75) is 6.61 Å². The van der Waals surface area contributed by atoms with Gasteiger partial charge < -0.3 is 14.7 Å². The van der Waals surface area contributed by atoms with E-state index >= 15 is 0 Å². The van der Waals surface area contributed by atoms with E-state index in [1.54, 1.807) is 12.3 Å². The predicted molar refractivity (Wildman–Crippen MR) is 155 cm³/mol. The van der Waals surface area contributed by atoms with Gasteiger partial charge in [-0.25, -0.2) is 9.97 Å². The highest BCUT2D eigenvalue weighted by Gasteiger charge is 2.36. The molecule has 0 radical (unpaired) electrons. The fourth-order valence-corrected chi connectivity index (χ4v) is 4.72. The lowest BCUT2D eigenvalue weighted by Gasteiger charge is -2.27. The average Bonchev–Trinajstić information content (AvgIpc) is 2.97. The summed E-state index contributed by atoms with van der Waals surface area (Å²) >= 11 is 13.0. The van der Waals surface area contributed by atoms with E-state index in [0.717, 1.165) is 5.56 Å². The van der Waals surface area contributed by atoms with Gasteiger partial charge in [0.1, 0.15) is 17.5 Å². The fraction of sp³-hybridized carbons (Fsp3) is 0.0323. The molecule has 196 valence electrons. The number of hydrogen-bond donors (Lipinski definition) is 1. The van der Waals surface area contributed by atoms with Crippen LogP contribution in [0.5, 0.6) is 5.75 Å². The molecular formula is C31H20Cl2N4O3. The molecule has 1 aliphatic rings. The van der Waals surface area contributed by atoms with Crippen molar-refractivity contribution in [3.8, 4) is 5.75 Å². The lowest BCUT2D eigenvalue weighted by molar-refractivity contribution is 0.275. The topological polar surface area (TPSA) is 89.7 Å². The minimum Gasteiger partial charge on any atom is -0.488 e. The van der Waals surface area contributed by atoms with Crippen molar-refractivity contribution in [1.29, 1.82) is 0 Å². The van der Waals surface area contributed by atoms with Crippen molar-refractivity contribution < 1.29 is 14.7 Å². The molecule has 0 saturated carbocycles. The molecule has 6 rings (SSSR count). The van der Waals surface area contributed by atoms with Gasteiger partial charge in [-0.05, 0) is 36.4 Å². The van der Waals surface area contributed by atoms with Crippen molar-refractivity contribution in [2.24, 2.45) is 5.16 Å². The van der Waals surface area contributed by atoms with E-state index in [4.69, 9.17) is 37.7 Å². The van der Waals surface area contributed by atoms with Gasteiger partial charge in [0.2, 0.25) is 0 Å². The van der Waals surface area contributed by atoms with Crippen LogP contribution in [0.2, 0.25) is 10.2 Å². The summed E-state index contributed by atoms with van der Waals surface area (Å²) in [4.78, 5) is 13.7. The molecule has 0 amide bonds. The number of pyridine rings is 1. The van der Waals surface area contributed by atoms with E-state index in [2.05, 4.69) is 15.1 Å². The number of hydrogen-bond acceptors (Lipinski definition) is 7. The van der Waals surface area contributed by atoms with E-state index in [1.807, 2.05) is 91.0 Å². The zero-order valence-electron chi connectivity index (χ0n) is 20.8. The quantitative estimate of drug-likeness (QED) is 0.129. The lowest BCUT2D eigenvalue weighted by atomic mass is 9.96. The van der Waals surface area contributed by atoms with Crippen LogP contribution >= 0.6 is 23.2 Å². The summed E-state index contributed by atoms with van der Waals surface area (Å²) in [7, 11) is 0. The molecule has 40 heavy (non-hydrogen) atoms. The van der Waals surface area contributed by atoms with Crippen LogP contribution in [0.4, 0.5) is 0 Å². The third-order valence-corrected chi connectivity index (χ3v) is 6.89. The molecule has 9 heteroatoms. The number of para-hydroxylation sites is 2. The van der Waals surface area contributed by atoms with Crippen LogP contribution in [0.1, 0.15) is 22.6 Å². The maximum absolute atomic E-state index is 10.0. The van der Waals surface area contributed by atoms with Crippen LogP contribution in [0.25, 0.3) is 22.6 Å². The monoisotopic (exact) mass is 566 g/mol. The number of benzene rings is 3. The Morgan fingerprint density at radius 2 is 1.68 bits per heavy atom. The molecule has 1 saturated heterocycles. The normalized spacial score (nSPS) is 16.1. The van der Waals surface area contributed by atoms with E-state index < -0.39 is 0 Å². The van der Waals surface area contributed by atoms with E-state index in [-0.39, 0.29) is 29.1 Å². The predicted octanol–water partition coefficient (Wildman–Crippen LogP) is 7.57. The number of aromatic nitrogens is 3. The molecule has 0 aliphatic carbocycles. The number of rotatable bonds is 6. The summed E-state index contributed by atoms with van der Waals surface area (Å²) in [6.45, 7) is 0.227. The van der Waals surface area contributed by atoms with Crippen LogP contribution in [0.15, 0.2) is 114 Å². The van der Waals surface area contributed by atoms with E-state index in [0.29, 0.717) is 44.3 Å². The largest absolute Gasteiger partial charge is 0.488 e. The summed E-state index contributed by atoms with van der Waals surface area (Å²) in [5.41, 5.74) is 3.41. The molecule has 2 aromatic heterocycles. The van der Waals surface area contributed by atoms with E-state index in [9.17, 15) is 5.21 Å². The third-order valence-electron chi connectivity index (χ3n) is 6.23. The van der Waals surface area contributed by atoms with Gasteiger partial charge in [0.25, 0.3) is 0 Å². The minimum atomic E-state index is 0.217. The SMILES string of the molecule is O/N=C1C(=C\c2ccccn2)\OC\1=C(/c1nc(Cl)c2ccccc2n1)c1ccccc1OCc1ccccc1Cl. The first-order chi connectivity index (χ1) is 19.6. The average molecular weight is 567 g/mol.